The fourth-order valence-electron chi connectivity index (χ4n) is 3.40. The molecule has 128 valence electrons. The van der Waals surface area contributed by atoms with Crippen molar-refractivity contribution in [3.8, 4) is 5.69 Å². The molecule has 6 heteroatoms. The maximum absolute atomic E-state index is 15.0. The Hall–Kier alpha value is -2.73. The van der Waals surface area contributed by atoms with Crippen molar-refractivity contribution in [2.75, 3.05) is 13.1 Å². The first kappa shape index (κ1) is 15.8. The Morgan fingerprint density at radius 2 is 2.04 bits per heavy atom. The van der Waals surface area contributed by atoms with Crippen LogP contribution in [0.1, 0.15) is 28.8 Å². The van der Waals surface area contributed by atoms with Crippen molar-refractivity contribution in [2.24, 2.45) is 5.73 Å². The van der Waals surface area contributed by atoms with Crippen LogP contribution in [0.4, 0.5) is 4.39 Å². The van der Waals surface area contributed by atoms with E-state index < -0.39 is 11.6 Å². The average Bonchev–Trinajstić information content (AvgIpc) is 3.06. The molecule has 1 fully saturated rings. The zero-order valence-corrected chi connectivity index (χ0v) is 13.7. The number of rotatable bonds is 3. The van der Waals surface area contributed by atoms with E-state index in [0.29, 0.717) is 29.6 Å². The minimum Gasteiger partial charge on any atom is -0.366 e. The fourth-order valence-corrected chi connectivity index (χ4v) is 3.40. The fraction of sp³-hybridized carbons (Fsp3) is 0.263. The first-order valence-electron chi connectivity index (χ1n) is 8.36. The van der Waals surface area contributed by atoms with Crippen molar-refractivity contribution in [3.05, 3.63) is 59.8 Å². The smallest absolute Gasteiger partial charge is 0.250 e. The topological polar surface area (TPSA) is 72.9 Å². The van der Waals surface area contributed by atoms with Crippen LogP contribution in [0.2, 0.25) is 0 Å². The number of benzene rings is 2. The highest BCUT2D eigenvalue weighted by Gasteiger charge is 2.33. The Morgan fingerprint density at radius 3 is 2.72 bits per heavy atom. The molecule has 0 saturated carbocycles. The molecule has 4 rings (SSSR count). The van der Waals surface area contributed by atoms with Gasteiger partial charge in [0, 0.05) is 18.1 Å². The molecule has 3 N–H and O–H groups in total. The van der Waals surface area contributed by atoms with Gasteiger partial charge in [0.25, 0.3) is 5.91 Å². The maximum Gasteiger partial charge on any atom is 0.250 e. The second-order valence-electron chi connectivity index (χ2n) is 6.47. The molecule has 2 heterocycles. The monoisotopic (exact) mass is 338 g/mol. The van der Waals surface area contributed by atoms with E-state index in [2.05, 4.69) is 10.4 Å². The Kier molecular flexibility index (Phi) is 3.77. The molecule has 1 unspecified atom stereocenters. The number of carbonyl (C=O) groups is 1. The summed E-state index contributed by atoms with van der Waals surface area (Å²) in [4.78, 5) is 11.5. The van der Waals surface area contributed by atoms with Crippen molar-refractivity contribution in [1.29, 1.82) is 0 Å². The number of hydrogen-bond acceptors (Lipinski definition) is 3. The Labute approximate surface area is 144 Å². The van der Waals surface area contributed by atoms with Gasteiger partial charge in [-0.2, -0.15) is 5.10 Å². The van der Waals surface area contributed by atoms with Crippen molar-refractivity contribution in [1.82, 2.24) is 15.1 Å². The number of primary amides is 1. The van der Waals surface area contributed by atoms with Gasteiger partial charge in [-0.25, -0.2) is 9.07 Å². The molecule has 3 aromatic rings. The third-order valence-electron chi connectivity index (χ3n) is 4.78. The molecule has 0 spiro atoms. The zero-order valence-electron chi connectivity index (χ0n) is 13.7. The number of halogens is 1. The molecular weight excluding hydrogens is 319 g/mol. The molecule has 25 heavy (non-hydrogen) atoms. The minimum atomic E-state index is -1.31. The highest BCUT2D eigenvalue weighted by atomic mass is 19.1. The number of nitrogens with two attached hydrogens (primary N) is 1. The lowest BCUT2D eigenvalue weighted by atomic mass is 9.88. The van der Waals surface area contributed by atoms with Gasteiger partial charge in [0.15, 0.2) is 0 Å². The largest absolute Gasteiger partial charge is 0.366 e. The zero-order chi connectivity index (χ0) is 17.4. The second kappa shape index (κ2) is 5.97. The molecule has 1 atom stereocenters. The lowest BCUT2D eigenvalue weighted by Crippen LogP contribution is -2.40. The number of alkyl halides is 1. The lowest BCUT2D eigenvalue weighted by molar-refractivity contribution is 0.100. The third kappa shape index (κ3) is 2.78. The Balaban J connectivity index is 1.69. The average molecular weight is 338 g/mol. The number of fused-ring (bicyclic) bond motifs is 1. The minimum absolute atomic E-state index is 0.347. The van der Waals surface area contributed by atoms with Crippen LogP contribution in [0.3, 0.4) is 0 Å². The van der Waals surface area contributed by atoms with Crippen molar-refractivity contribution >= 4 is 16.8 Å². The molecular formula is C19H19FN4O. The van der Waals surface area contributed by atoms with Gasteiger partial charge in [0.2, 0.25) is 0 Å². The van der Waals surface area contributed by atoms with E-state index in [4.69, 9.17) is 5.73 Å². The van der Waals surface area contributed by atoms with E-state index in [1.54, 1.807) is 16.8 Å². The summed E-state index contributed by atoms with van der Waals surface area (Å²) >= 11 is 0. The lowest BCUT2D eigenvalue weighted by Gasteiger charge is -2.30. The third-order valence-corrected chi connectivity index (χ3v) is 4.78. The quantitative estimate of drug-likeness (QED) is 0.771. The number of piperidine rings is 1. The van der Waals surface area contributed by atoms with Gasteiger partial charge in [-0.1, -0.05) is 24.3 Å². The highest BCUT2D eigenvalue weighted by Crippen LogP contribution is 2.33. The molecule has 5 nitrogen and oxygen atoms in total. The van der Waals surface area contributed by atoms with Crippen LogP contribution >= 0.6 is 0 Å². The van der Waals surface area contributed by atoms with Gasteiger partial charge in [-0.05, 0) is 43.1 Å². The number of hydrogen-bond donors (Lipinski definition) is 2. The van der Waals surface area contributed by atoms with Crippen LogP contribution in [-0.2, 0) is 5.67 Å². The predicted octanol–water partition coefficient (Wildman–Crippen LogP) is 2.67. The van der Waals surface area contributed by atoms with E-state index in [1.807, 2.05) is 36.5 Å². The van der Waals surface area contributed by atoms with Gasteiger partial charge in [0.05, 0.1) is 11.3 Å². The van der Waals surface area contributed by atoms with Crippen LogP contribution in [0.25, 0.3) is 16.6 Å². The van der Waals surface area contributed by atoms with Crippen LogP contribution in [0, 0.1) is 0 Å². The van der Waals surface area contributed by atoms with Gasteiger partial charge < -0.3 is 11.1 Å². The summed E-state index contributed by atoms with van der Waals surface area (Å²) in [5.74, 6) is -0.504. The highest BCUT2D eigenvalue weighted by molar-refractivity contribution is 6.04. The molecule has 1 aromatic heterocycles. The van der Waals surface area contributed by atoms with Crippen LogP contribution in [0.15, 0.2) is 48.7 Å². The number of nitrogens with one attached hydrogen (secondary N) is 1. The molecule has 0 aliphatic carbocycles. The van der Waals surface area contributed by atoms with E-state index >= 15 is 4.39 Å². The van der Waals surface area contributed by atoms with E-state index in [1.165, 1.54) is 0 Å². The number of amides is 1. The summed E-state index contributed by atoms with van der Waals surface area (Å²) in [6.07, 6.45) is 3.20. The van der Waals surface area contributed by atoms with Gasteiger partial charge in [-0.15, -0.1) is 0 Å². The SMILES string of the molecule is NC(=O)c1cccc2cn(-c3ccc(C4(F)CCCNC4)cc3)nc12. The van der Waals surface area contributed by atoms with E-state index in [9.17, 15) is 4.79 Å². The number of aromatic nitrogens is 2. The summed E-state index contributed by atoms with van der Waals surface area (Å²) in [6, 6.07) is 12.6. The number of carbonyl (C=O) groups excluding carboxylic acids is 1. The predicted molar refractivity (Wildman–Crippen MR) is 94.5 cm³/mol. The first-order valence-corrected chi connectivity index (χ1v) is 8.36. The molecule has 1 aliphatic heterocycles. The standard InChI is InChI=1S/C19H19FN4O/c20-19(9-2-10-22-12-19)14-5-7-15(8-6-14)24-11-13-3-1-4-16(18(21)25)17(13)23-24/h1,3-8,11,22H,2,9-10,12H2,(H2,21,25). The van der Waals surface area contributed by atoms with Crippen molar-refractivity contribution in [3.63, 3.8) is 0 Å². The molecule has 1 saturated heterocycles. The van der Waals surface area contributed by atoms with Crippen molar-refractivity contribution in [2.45, 2.75) is 18.5 Å². The van der Waals surface area contributed by atoms with Crippen LogP contribution < -0.4 is 11.1 Å². The summed E-state index contributed by atoms with van der Waals surface area (Å²) in [6.45, 7) is 1.21. The van der Waals surface area contributed by atoms with E-state index in [0.717, 1.165) is 24.0 Å². The molecule has 0 radical (unpaired) electrons. The normalized spacial score (nSPS) is 20.7. The Morgan fingerprint density at radius 1 is 1.24 bits per heavy atom. The van der Waals surface area contributed by atoms with E-state index in [-0.39, 0.29) is 0 Å². The molecule has 1 amide bonds. The first-order chi connectivity index (χ1) is 12.1. The summed E-state index contributed by atoms with van der Waals surface area (Å²) in [5, 5.41) is 8.42. The number of nitrogens with zero attached hydrogens (tertiary/aromatic N) is 2. The molecule has 1 aliphatic rings. The summed E-state index contributed by atoms with van der Waals surface area (Å²) in [7, 11) is 0. The van der Waals surface area contributed by atoms with Crippen molar-refractivity contribution < 1.29 is 9.18 Å². The summed E-state index contributed by atoms with van der Waals surface area (Å²) in [5.41, 5.74) is 6.54. The summed E-state index contributed by atoms with van der Waals surface area (Å²) < 4.78 is 16.7. The molecule has 2 aromatic carbocycles. The maximum atomic E-state index is 15.0. The molecule has 0 bridgehead atoms. The van der Waals surface area contributed by atoms with Crippen LogP contribution in [-0.4, -0.2) is 28.8 Å². The van der Waals surface area contributed by atoms with Crippen LogP contribution in [0.5, 0.6) is 0 Å². The van der Waals surface area contributed by atoms with Gasteiger partial charge >= 0.3 is 0 Å². The van der Waals surface area contributed by atoms with Gasteiger partial charge in [0.1, 0.15) is 11.2 Å². The Bertz CT molecular complexity index is 926. The second-order valence-corrected chi connectivity index (χ2v) is 6.47. The van der Waals surface area contributed by atoms with Gasteiger partial charge in [-0.3, -0.25) is 4.79 Å².